The molecule has 2 N–H and O–H groups in total. The first-order chi connectivity index (χ1) is 13.7. The summed E-state index contributed by atoms with van der Waals surface area (Å²) in [5, 5.41) is 5.09. The Labute approximate surface area is 165 Å². The van der Waals surface area contributed by atoms with E-state index in [2.05, 4.69) is 15.4 Å². The Balaban J connectivity index is 1.71. The first kappa shape index (κ1) is 21.8. The van der Waals surface area contributed by atoms with E-state index in [0.717, 1.165) is 17.7 Å². The molecule has 0 unspecified atom stereocenters. The lowest BCUT2D eigenvalue weighted by atomic mass is 10.2. The molecule has 154 valence electrons. The summed E-state index contributed by atoms with van der Waals surface area (Å²) in [5.41, 5.74) is 1.13. The molecule has 2 aromatic rings. The van der Waals surface area contributed by atoms with Crippen molar-refractivity contribution >= 4 is 23.6 Å². The summed E-state index contributed by atoms with van der Waals surface area (Å²) in [4.78, 5) is 23.6. The van der Waals surface area contributed by atoms with Gasteiger partial charge in [0, 0.05) is 24.7 Å². The van der Waals surface area contributed by atoms with Gasteiger partial charge in [0.25, 0.3) is 0 Å². The summed E-state index contributed by atoms with van der Waals surface area (Å²) in [5.74, 6) is -0.428. The first-order valence-corrected chi connectivity index (χ1v) is 8.51. The minimum Gasteiger partial charge on any atom is -0.497 e. The minimum absolute atomic E-state index is 0.00290. The molecule has 9 heteroatoms. The van der Waals surface area contributed by atoms with E-state index >= 15 is 0 Å². The molecule has 0 aliphatic carbocycles. The third-order valence-electron chi connectivity index (χ3n) is 3.57. The maximum absolute atomic E-state index is 12.1. The van der Waals surface area contributed by atoms with Crippen LogP contribution >= 0.6 is 0 Å². The summed E-state index contributed by atoms with van der Waals surface area (Å²) in [6, 6.07) is 11.9. The highest BCUT2D eigenvalue weighted by atomic mass is 19.4. The van der Waals surface area contributed by atoms with Crippen molar-refractivity contribution in [3.63, 3.8) is 0 Å². The highest BCUT2D eigenvalue weighted by Gasteiger charge is 2.30. The van der Waals surface area contributed by atoms with Crippen molar-refractivity contribution in [2.24, 2.45) is 0 Å². The number of anilines is 1. The lowest BCUT2D eigenvalue weighted by Gasteiger charge is -2.10. The van der Waals surface area contributed by atoms with Crippen molar-refractivity contribution in [2.45, 2.75) is 12.8 Å². The maximum Gasteiger partial charge on any atom is 0.573 e. The van der Waals surface area contributed by atoms with Gasteiger partial charge in [0.05, 0.1) is 7.11 Å². The van der Waals surface area contributed by atoms with Crippen LogP contribution in [0.5, 0.6) is 11.5 Å². The fourth-order valence-corrected chi connectivity index (χ4v) is 2.21. The van der Waals surface area contributed by atoms with Gasteiger partial charge in [0.2, 0.25) is 11.8 Å². The van der Waals surface area contributed by atoms with Gasteiger partial charge in [-0.05, 0) is 48.0 Å². The van der Waals surface area contributed by atoms with Gasteiger partial charge < -0.3 is 20.1 Å². The molecule has 0 atom stereocenters. The number of methoxy groups -OCH3 is 1. The predicted molar refractivity (Wildman–Crippen MR) is 101 cm³/mol. The molecule has 2 rings (SSSR count). The van der Waals surface area contributed by atoms with Crippen LogP contribution in [0, 0.1) is 0 Å². The summed E-state index contributed by atoms with van der Waals surface area (Å²) < 4.78 is 45.1. The normalized spacial score (nSPS) is 11.2. The minimum atomic E-state index is -4.77. The monoisotopic (exact) mass is 408 g/mol. The van der Waals surface area contributed by atoms with Crippen molar-refractivity contribution in [1.82, 2.24) is 5.32 Å². The first-order valence-electron chi connectivity index (χ1n) is 8.51. The molecule has 0 saturated carbocycles. The number of carbonyl (C=O) groups excluding carboxylic acids is 2. The van der Waals surface area contributed by atoms with E-state index in [1.165, 1.54) is 18.2 Å². The lowest BCUT2D eigenvalue weighted by Crippen LogP contribution is -2.26. The van der Waals surface area contributed by atoms with Crippen LogP contribution in [0.3, 0.4) is 0 Å². The SMILES string of the molecule is COc1ccc(/C=C/C(=O)NCCC(=O)Nc2ccc(OC(F)(F)F)cc2)cc1. The molecule has 0 heterocycles. The molecule has 0 spiro atoms. The predicted octanol–water partition coefficient (Wildman–Crippen LogP) is 3.75. The maximum atomic E-state index is 12.1. The standard InChI is InChI=1S/C20H19F3N2O4/c1-28-16-7-2-14(3-8-16)4-11-18(26)24-13-12-19(27)25-15-5-9-17(10-6-15)29-20(21,22)23/h2-11H,12-13H2,1H3,(H,24,26)(H,25,27)/b11-4+. The van der Waals surface area contributed by atoms with Crippen molar-refractivity contribution in [3.8, 4) is 11.5 Å². The van der Waals surface area contributed by atoms with Crippen molar-refractivity contribution in [3.05, 3.63) is 60.2 Å². The van der Waals surface area contributed by atoms with E-state index in [-0.39, 0.29) is 24.6 Å². The summed E-state index contributed by atoms with van der Waals surface area (Å²) in [7, 11) is 1.56. The number of hydrogen-bond acceptors (Lipinski definition) is 4. The Hall–Kier alpha value is -3.49. The Kier molecular flexibility index (Phi) is 7.64. The number of hydrogen-bond donors (Lipinski definition) is 2. The number of alkyl halides is 3. The van der Waals surface area contributed by atoms with Crippen LogP contribution in [0.15, 0.2) is 54.6 Å². The van der Waals surface area contributed by atoms with Crippen molar-refractivity contribution in [1.29, 1.82) is 0 Å². The molecule has 2 amide bonds. The summed E-state index contributed by atoms with van der Waals surface area (Å²) in [6.07, 6.45) is -1.80. The topological polar surface area (TPSA) is 76.7 Å². The number of benzene rings is 2. The fourth-order valence-electron chi connectivity index (χ4n) is 2.21. The van der Waals surface area contributed by atoms with Gasteiger partial charge >= 0.3 is 6.36 Å². The van der Waals surface area contributed by atoms with E-state index in [0.29, 0.717) is 11.4 Å². The van der Waals surface area contributed by atoms with Gasteiger partial charge in [0.1, 0.15) is 11.5 Å². The second-order valence-corrected chi connectivity index (χ2v) is 5.77. The van der Waals surface area contributed by atoms with Crippen molar-refractivity contribution in [2.75, 3.05) is 19.0 Å². The molecular formula is C20H19F3N2O4. The van der Waals surface area contributed by atoms with Gasteiger partial charge in [-0.1, -0.05) is 12.1 Å². The molecule has 0 aromatic heterocycles. The van der Waals surface area contributed by atoms with E-state index in [9.17, 15) is 22.8 Å². The Morgan fingerprint density at radius 2 is 1.62 bits per heavy atom. The number of nitrogens with one attached hydrogen (secondary N) is 2. The molecule has 6 nitrogen and oxygen atoms in total. The molecule has 0 aliphatic heterocycles. The van der Waals surface area contributed by atoms with E-state index in [1.807, 2.05) is 0 Å². The van der Waals surface area contributed by atoms with Gasteiger partial charge in [-0.2, -0.15) is 0 Å². The number of rotatable bonds is 8. The Bertz CT molecular complexity index is 848. The average Bonchev–Trinajstić information content (AvgIpc) is 2.67. The number of halogens is 3. The summed E-state index contributed by atoms with van der Waals surface area (Å²) in [6.45, 7) is 0.104. The van der Waals surface area contributed by atoms with Crippen LogP contribution in [0.25, 0.3) is 6.08 Å². The highest BCUT2D eigenvalue weighted by molar-refractivity contribution is 5.93. The van der Waals surface area contributed by atoms with Gasteiger partial charge in [0.15, 0.2) is 0 Å². The van der Waals surface area contributed by atoms with Crippen LogP contribution in [-0.2, 0) is 9.59 Å². The second kappa shape index (κ2) is 10.2. The zero-order chi connectivity index (χ0) is 21.3. The molecule has 0 saturated heterocycles. The zero-order valence-electron chi connectivity index (χ0n) is 15.5. The zero-order valence-corrected chi connectivity index (χ0v) is 15.5. The Morgan fingerprint density at radius 1 is 1.00 bits per heavy atom. The van der Waals surface area contributed by atoms with Gasteiger partial charge in [-0.15, -0.1) is 13.2 Å². The molecule has 0 aliphatic rings. The van der Waals surface area contributed by atoms with E-state index in [1.54, 1.807) is 37.5 Å². The number of amides is 2. The van der Waals surface area contributed by atoms with Crippen LogP contribution in [-0.4, -0.2) is 31.8 Å². The smallest absolute Gasteiger partial charge is 0.497 e. The Morgan fingerprint density at radius 3 is 2.21 bits per heavy atom. The third-order valence-corrected chi connectivity index (χ3v) is 3.57. The highest BCUT2D eigenvalue weighted by Crippen LogP contribution is 2.23. The van der Waals surface area contributed by atoms with Crippen LogP contribution in [0.2, 0.25) is 0 Å². The average molecular weight is 408 g/mol. The second-order valence-electron chi connectivity index (χ2n) is 5.77. The molecule has 0 radical (unpaired) electrons. The van der Waals surface area contributed by atoms with Crippen LogP contribution in [0.1, 0.15) is 12.0 Å². The van der Waals surface area contributed by atoms with Gasteiger partial charge in [-0.3, -0.25) is 9.59 Å². The molecule has 29 heavy (non-hydrogen) atoms. The van der Waals surface area contributed by atoms with Crippen LogP contribution < -0.4 is 20.1 Å². The number of carbonyl (C=O) groups is 2. The molecule has 0 bridgehead atoms. The van der Waals surface area contributed by atoms with Crippen molar-refractivity contribution < 1.29 is 32.2 Å². The van der Waals surface area contributed by atoms with E-state index in [4.69, 9.17) is 4.74 Å². The fraction of sp³-hybridized carbons (Fsp3) is 0.200. The molecule has 0 fully saturated rings. The van der Waals surface area contributed by atoms with E-state index < -0.39 is 12.3 Å². The quantitative estimate of drug-likeness (QED) is 0.653. The largest absolute Gasteiger partial charge is 0.573 e. The lowest BCUT2D eigenvalue weighted by molar-refractivity contribution is -0.274. The van der Waals surface area contributed by atoms with Crippen LogP contribution in [0.4, 0.5) is 18.9 Å². The third kappa shape index (κ3) is 8.37. The molecule has 2 aromatic carbocycles. The number of ether oxygens (including phenoxy) is 2. The summed E-state index contributed by atoms with van der Waals surface area (Å²) >= 11 is 0. The molecular weight excluding hydrogens is 389 g/mol. The van der Waals surface area contributed by atoms with Gasteiger partial charge in [-0.25, -0.2) is 0 Å².